The lowest BCUT2D eigenvalue weighted by molar-refractivity contribution is 0.0522. The second-order valence-corrected chi connectivity index (χ2v) is 3.53. The van der Waals surface area contributed by atoms with Gasteiger partial charge >= 0.3 is 5.97 Å². The van der Waals surface area contributed by atoms with E-state index in [4.69, 9.17) is 15.1 Å². The molecule has 1 rings (SSSR count). The van der Waals surface area contributed by atoms with E-state index in [0.29, 0.717) is 4.90 Å². The molecule has 0 amide bonds. The highest BCUT2D eigenvalue weighted by atomic mass is 32.1. The number of carbonyl (C=O) groups excluding carboxylic acids is 1. The second-order valence-electron chi connectivity index (χ2n) is 3.01. The molecule has 5 heteroatoms. The maximum atomic E-state index is 11.6. The molecular formula is C11H11NO3S. The number of nitrogens with zero attached hydrogens (tertiary/aromatic N) is 1. The van der Waals surface area contributed by atoms with Gasteiger partial charge in [0.15, 0.2) is 0 Å². The molecule has 0 atom stereocenters. The molecule has 0 aliphatic heterocycles. The van der Waals surface area contributed by atoms with E-state index >= 15 is 0 Å². The van der Waals surface area contributed by atoms with Gasteiger partial charge in [-0.2, -0.15) is 5.26 Å². The van der Waals surface area contributed by atoms with Crippen molar-refractivity contribution in [1.82, 2.24) is 0 Å². The van der Waals surface area contributed by atoms with Crippen LogP contribution in [0.15, 0.2) is 17.0 Å². The molecule has 1 aromatic carbocycles. The van der Waals surface area contributed by atoms with E-state index in [1.807, 2.05) is 6.07 Å². The Hall–Kier alpha value is -1.51. The maximum Gasteiger partial charge on any atom is 0.338 e. The Balaban J connectivity index is 3.32. The van der Waals surface area contributed by atoms with Gasteiger partial charge in [-0.25, -0.2) is 4.79 Å². The Morgan fingerprint density at radius 1 is 1.62 bits per heavy atom. The molecular weight excluding hydrogens is 226 g/mol. The van der Waals surface area contributed by atoms with Crippen LogP contribution >= 0.6 is 12.6 Å². The summed E-state index contributed by atoms with van der Waals surface area (Å²) < 4.78 is 4.83. The Morgan fingerprint density at radius 3 is 2.81 bits per heavy atom. The van der Waals surface area contributed by atoms with E-state index in [9.17, 15) is 4.79 Å². The summed E-state index contributed by atoms with van der Waals surface area (Å²) in [6.45, 7) is 1.54. The summed E-state index contributed by atoms with van der Waals surface area (Å²) in [5.74, 6) is -0.557. The molecule has 0 radical (unpaired) electrons. The number of thiol groups is 1. The fourth-order valence-electron chi connectivity index (χ4n) is 1.32. The normalized spacial score (nSPS) is 9.62. The highest BCUT2D eigenvalue weighted by Gasteiger charge is 2.16. The number of esters is 1. The first kappa shape index (κ1) is 12.6. The third kappa shape index (κ3) is 2.54. The summed E-state index contributed by atoms with van der Waals surface area (Å²) in [5, 5.41) is 18.0. The van der Waals surface area contributed by atoms with E-state index < -0.39 is 5.97 Å². The molecule has 1 aromatic rings. The first-order chi connectivity index (χ1) is 7.63. The Bertz CT molecular complexity index is 451. The number of benzene rings is 1. The van der Waals surface area contributed by atoms with Crippen LogP contribution in [0.1, 0.15) is 28.4 Å². The van der Waals surface area contributed by atoms with Crippen molar-refractivity contribution in [2.24, 2.45) is 0 Å². The lowest BCUT2D eigenvalue weighted by atomic mass is 10.0. The summed E-state index contributed by atoms with van der Waals surface area (Å²) in [4.78, 5) is 12.1. The molecule has 0 spiro atoms. The van der Waals surface area contributed by atoms with Crippen molar-refractivity contribution >= 4 is 18.6 Å². The lowest BCUT2D eigenvalue weighted by Gasteiger charge is -2.09. The fourth-order valence-corrected chi connectivity index (χ4v) is 1.58. The van der Waals surface area contributed by atoms with Crippen LogP contribution in [0.2, 0.25) is 0 Å². The molecule has 1 N–H and O–H groups in total. The third-order valence-electron chi connectivity index (χ3n) is 2.01. The molecule has 0 aliphatic carbocycles. The van der Waals surface area contributed by atoms with Crippen LogP contribution < -0.4 is 0 Å². The topological polar surface area (TPSA) is 70.3 Å². The van der Waals surface area contributed by atoms with E-state index in [2.05, 4.69) is 12.6 Å². The van der Waals surface area contributed by atoms with Crippen LogP contribution in [0.3, 0.4) is 0 Å². The van der Waals surface area contributed by atoms with E-state index in [-0.39, 0.29) is 29.9 Å². The number of hydrogen-bond acceptors (Lipinski definition) is 5. The number of nitriles is 1. The zero-order chi connectivity index (χ0) is 12.1. The molecule has 0 saturated heterocycles. The molecule has 0 fully saturated rings. The maximum absolute atomic E-state index is 11.6. The highest BCUT2D eigenvalue weighted by Crippen LogP contribution is 2.20. The summed E-state index contributed by atoms with van der Waals surface area (Å²) in [6, 6.07) is 4.89. The van der Waals surface area contributed by atoms with Crippen molar-refractivity contribution in [3.05, 3.63) is 28.8 Å². The quantitative estimate of drug-likeness (QED) is 0.617. The van der Waals surface area contributed by atoms with Crippen molar-refractivity contribution in [2.45, 2.75) is 18.4 Å². The molecule has 0 bridgehead atoms. The number of carbonyl (C=O) groups is 1. The van der Waals surface area contributed by atoms with Crippen molar-refractivity contribution in [2.75, 3.05) is 6.61 Å². The number of ether oxygens (including phenoxy) is 1. The minimum absolute atomic E-state index is 0.188. The van der Waals surface area contributed by atoms with Gasteiger partial charge in [0, 0.05) is 10.5 Å². The monoisotopic (exact) mass is 237 g/mol. The van der Waals surface area contributed by atoms with Gasteiger partial charge in [-0.15, -0.1) is 12.6 Å². The Labute approximate surface area is 98.9 Å². The minimum atomic E-state index is -0.557. The summed E-state index contributed by atoms with van der Waals surface area (Å²) >= 11 is 4.09. The van der Waals surface area contributed by atoms with Crippen LogP contribution in [0.4, 0.5) is 0 Å². The van der Waals surface area contributed by atoms with Crippen molar-refractivity contribution in [3.8, 4) is 6.07 Å². The van der Waals surface area contributed by atoms with Crippen LogP contribution in [-0.4, -0.2) is 17.7 Å². The predicted octanol–water partition coefficient (Wildman–Crippen LogP) is 1.52. The molecule has 0 aromatic heterocycles. The lowest BCUT2D eigenvalue weighted by Crippen LogP contribution is -2.10. The Morgan fingerprint density at radius 2 is 2.31 bits per heavy atom. The van der Waals surface area contributed by atoms with Gasteiger partial charge in [0.2, 0.25) is 0 Å². The minimum Gasteiger partial charge on any atom is -0.462 e. The number of rotatable bonds is 3. The van der Waals surface area contributed by atoms with Gasteiger partial charge in [0.25, 0.3) is 0 Å². The van der Waals surface area contributed by atoms with Gasteiger partial charge in [-0.3, -0.25) is 0 Å². The van der Waals surface area contributed by atoms with Crippen molar-refractivity contribution < 1.29 is 14.6 Å². The average Bonchev–Trinajstić information content (AvgIpc) is 2.28. The first-order valence-corrected chi connectivity index (χ1v) is 5.12. The van der Waals surface area contributed by atoms with Crippen molar-refractivity contribution in [1.29, 1.82) is 5.26 Å². The predicted molar refractivity (Wildman–Crippen MR) is 60.3 cm³/mol. The van der Waals surface area contributed by atoms with Gasteiger partial charge in [0.1, 0.15) is 0 Å². The summed E-state index contributed by atoms with van der Waals surface area (Å²) in [5.41, 5.74) is 0.699. The standard InChI is InChI=1S/C11H11NO3S/c1-2-15-11(14)9-4-8(16)3-7(5-12)10(9)6-13/h3-4,13,16H,2,6H2,1H3. The SMILES string of the molecule is CCOC(=O)c1cc(S)cc(C#N)c1CO. The van der Waals surface area contributed by atoms with Gasteiger partial charge < -0.3 is 9.84 Å². The first-order valence-electron chi connectivity index (χ1n) is 4.68. The highest BCUT2D eigenvalue weighted by molar-refractivity contribution is 7.80. The molecule has 0 saturated carbocycles. The smallest absolute Gasteiger partial charge is 0.338 e. The zero-order valence-corrected chi connectivity index (χ0v) is 9.62. The third-order valence-corrected chi connectivity index (χ3v) is 2.27. The molecule has 16 heavy (non-hydrogen) atoms. The van der Waals surface area contributed by atoms with Gasteiger partial charge in [-0.05, 0) is 19.1 Å². The summed E-state index contributed by atoms with van der Waals surface area (Å²) in [7, 11) is 0. The Kier molecular flexibility index (Phi) is 4.35. The van der Waals surface area contributed by atoms with E-state index in [1.165, 1.54) is 12.1 Å². The molecule has 4 nitrogen and oxygen atoms in total. The van der Waals surface area contributed by atoms with Gasteiger partial charge in [0.05, 0.1) is 30.4 Å². The largest absolute Gasteiger partial charge is 0.462 e. The number of aliphatic hydroxyl groups is 1. The summed E-state index contributed by atoms with van der Waals surface area (Å²) in [6.07, 6.45) is 0. The van der Waals surface area contributed by atoms with E-state index in [1.54, 1.807) is 6.92 Å². The second kappa shape index (κ2) is 5.54. The number of aliphatic hydroxyl groups excluding tert-OH is 1. The zero-order valence-electron chi connectivity index (χ0n) is 8.73. The van der Waals surface area contributed by atoms with Crippen LogP contribution in [0.25, 0.3) is 0 Å². The van der Waals surface area contributed by atoms with Crippen LogP contribution in [0.5, 0.6) is 0 Å². The van der Waals surface area contributed by atoms with E-state index in [0.717, 1.165) is 0 Å². The molecule has 84 valence electrons. The molecule has 0 aliphatic rings. The van der Waals surface area contributed by atoms with Gasteiger partial charge in [-0.1, -0.05) is 0 Å². The molecule has 0 heterocycles. The van der Waals surface area contributed by atoms with Crippen molar-refractivity contribution in [3.63, 3.8) is 0 Å². The number of hydrogen-bond donors (Lipinski definition) is 2. The average molecular weight is 237 g/mol. The van der Waals surface area contributed by atoms with Crippen LogP contribution in [-0.2, 0) is 11.3 Å². The fraction of sp³-hybridized carbons (Fsp3) is 0.273. The molecule has 0 unspecified atom stereocenters. The van der Waals surface area contributed by atoms with Crippen LogP contribution in [0, 0.1) is 11.3 Å².